The molecule has 1 aromatic rings. The molecule has 0 fully saturated rings. The molecular formula is C14H23NO4S2. The molecule has 0 aliphatic heterocycles. The summed E-state index contributed by atoms with van der Waals surface area (Å²) in [6.07, 6.45) is 0.662. The number of rotatable bonds is 5. The molecule has 0 aromatic carbocycles. The second-order valence-corrected chi connectivity index (χ2v) is 10.1. The summed E-state index contributed by atoms with van der Waals surface area (Å²) in [7, 11) is -3.72. The quantitative estimate of drug-likeness (QED) is 0.866. The van der Waals surface area contributed by atoms with Gasteiger partial charge in [-0.05, 0) is 44.2 Å². The Labute approximate surface area is 130 Å². The van der Waals surface area contributed by atoms with E-state index in [1.807, 2.05) is 34.6 Å². The summed E-state index contributed by atoms with van der Waals surface area (Å²) in [4.78, 5) is 11.1. The highest BCUT2D eigenvalue weighted by atomic mass is 32.2. The Morgan fingerprint density at radius 1 is 1.29 bits per heavy atom. The predicted octanol–water partition coefficient (Wildman–Crippen LogP) is 3.25. The zero-order valence-electron chi connectivity index (χ0n) is 13.3. The predicted molar refractivity (Wildman–Crippen MR) is 84.5 cm³/mol. The van der Waals surface area contributed by atoms with Crippen molar-refractivity contribution in [3.8, 4) is 0 Å². The van der Waals surface area contributed by atoms with Crippen LogP contribution in [-0.4, -0.2) is 25.0 Å². The topological polar surface area (TPSA) is 83.5 Å². The van der Waals surface area contributed by atoms with Gasteiger partial charge in [0.05, 0.1) is 0 Å². The van der Waals surface area contributed by atoms with Crippen LogP contribution in [0.5, 0.6) is 0 Å². The molecule has 1 aromatic heterocycles. The largest absolute Gasteiger partial charge is 0.477 e. The van der Waals surface area contributed by atoms with E-state index in [0.717, 1.165) is 11.3 Å². The van der Waals surface area contributed by atoms with Crippen LogP contribution in [0.4, 0.5) is 0 Å². The summed E-state index contributed by atoms with van der Waals surface area (Å²) in [6.45, 7) is 11.4. The number of hydrogen-bond acceptors (Lipinski definition) is 4. The summed E-state index contributed by atoms with van der Waals surface area (Å²) in [5, 5.41) is 9.03. The minimum atomic E-state index is -3.72. The van der Waals surface area contributed by atoms with E-state index in [1.54, 1.807) is 6.92 Å². The molecule has 7 heteroatoms. The van der Waals surface area contributed by atoms with Crippen molar-refractivity contribution >= 4 is 27.3 Å². The fraction of sp³-hybridized carbons (Fsp3) is 0.643. The van der Waals surface area contributed by atoms with E-state index in [9.17, 15) is 13.2 Å². The van der Waals surface area contributed by atoms with Gasteiger partial charge in [-0.1, -0.05) is 20.8 Å². The van der Waals surface area contributed by atoms with E-state index in [-0.39, 0.29) is 14.5 Å². The third-order valence-corrected chi connectivity index (χ3v) is 6.13. The lowest BCUT2D eigenvalue weighted by Crippen LogP contribution is -2.45. The summed E-state index contributed by atoms with van der Waals surface area (Å²) in [5.41, 5.74) is -0.177. The van der Waals surface area contributed by atoms with Crippen molar-refractivity contribution in [2.45, 2.75) is 57.7 Å². The third kappa shape index (κ3) is 5.09. The number of carboxylic acids is 1. The first-order chi connectivity index (χ1) is 9.23. The van der Waals surface area contributed by atoms with Crippen LogP contribution < -0.4 is 4.72 Å². The molecular weight excluding hydrogens is 310 g/mol. The van der Waals surface area contributed by atoms with Gasteiger partial charge in [-0.3, -0.25) is 0 Å². The highest BCUT2D eigenvalue weighted by Crippen LogP contribution is 2.30. The molecule has 0 saturated heterocycles. The van der Waals surface area contributed by atoms with Crippen LogP contribution in [-0.2, 0) is 10.0 Å². The zero-order chi connectivity index (χ0) is 16.6. The Morgan fingerprint density at radius 2 is 1.81 bits per heavy atom. The highest BCUT2D eigenvalue weighted by molar-refractivity contribution is 7.91. The molecule has 21 heavy (non-hydrogen) atoms. The van der Waals surface area contributed by atoms with Gasteiger partial charge in [0.2, 0.25) is 0 Å². The van der Waals surface area contributed by atoms with Gasteiger partial charge >= 0.3 is 5.97 Å². The molecule has 5 nitrogen and oxygen atoms in total. The maximum Gasteiger partial charge on any atom is 0.346 e. The van der Waals surface area contributed by atoms with E-state index < -0.39 is 21.5 Å². The van der Waals surface area contributed by atoms with Crippen LogP contribution in [0.1, 0.15) is 56.3 Å². The monoisotopic (exact) mass is 333 g/mol. The summed E-state index contributed by atoms with van der Waals surface area (Å²) in [6, 6.07) is 1.41. The number of hydrogen-bond donors (Lipinski definition) is 2. The van der Waals surface area contributed by atoms with E-state index >= 15 is 0 Å². The van der Waals surface area contributed by atoms with Crippen molar-refractivity contribution in [3.05, 3.63) is 16.5 Å². The molecule has 0 atom stereocenters. The Balaban J connectivity index is 3.07. The average molecular weight is 333 g/mol. The first-order valence-electron chi connectivity index (χ1n) is 6.61. The minimum absolute atomic E-state index is 0.0242. The first kappa shape index (κ1) is 18.1. The maximum absolute atomic E-state index is 12.4. The van der Waals surface area contributed by atoms with Crippen molar-refractivity contribution in [2.75, 3.05) is 0 Å². The molecule has 1 rings (SSSR count). The second-order valence-electron chi connectivity index (χ2n) is 7.11. The fourth-order valence-electron chi connectivity index (χ4n) is 2.57. The van der Waals surface area contributed by atoms with Crippen molar-refractivity contribution in [1.82, 2.24) is 4.72 Å². The van der Waals surface area contributed by atoms with Gasteiger partial charge in [0.1, 0.15) is 9.09 Å². The SMILES string of the molecule is Cc1cc(S(=O)(=O)NC(C)(C)CC(C)(C)C)sc1C(=O)O. The molecule has 0 bridgehead atoms. The first-order valence-corrected chi connectivity index (χ1v) is 8.91. The smallest absolute Gasteiger partial charge is 0.346 e. The van der Waals surface area contributed by atoms with Gasteiger partial charge in [0.15, 0.2) is 0 Å². The molecule has 0 aliphatic rings. The Bertz CT molecular complexity index is 636. The summed E-state index contributed by atoms with van der Waals surface area (Å²) < 4.78 is 27.6. The molecule has 0 aliphatic carbocycles. The van der Waals surface area contributed by atoms with Crippen LogP contribution in [0, 0.1) is 12.3 Å². The van der Waals surface area contributed by atoms with Gasteiger partial charge in [-0.2, -0.15) is 0 Å². The Kier molecular flexibility index (Phi) is 4.92. The third-order valence-electron chi connectivity index (χ3n) is 2.74. The number of aryl methyl sites for hydroxylation is 1. The molecule has 0 spiro atoms. The summed E-state index contributed by atoms with van der Waals surface area (Å²) >= 11 is 0.783. The average Bonchev–Trinajstić information content (AvgIpc) is 2.54. The highest BCUT2D eigenvalue weighted by Gasteiger charge is 2.32. The lowest BCUT2D eigenvalue weighted by Gasteiger charge is -2.32. The van der Waals surface area contributed by atoms with E-state index in [1.165, 1.54) is 6.07 Å². The maximum atomic E-state index is 12.4. The van der Waals surface area contributed by atoms with Crippen LogP contribution in [0.3, 0.4) is 0 Å². The van der Waals surface area contributed by atoms with Crippen LogP contribution in [0.15, 0.2) is 10.3 Å². The molecule has 0 unspecified atom stereocenters. The molecule has 0 saturated carbocycles. The lowest BCUT2D eigenvalue weighted by molar-refractivity contribution is 0.0701. The normalized spacial score (nSPS) is 13.4. The van der Waals surface area contributed by atoms with Gasteiger partial charge in [0.25, 0.3) is 10.0 Å². The molecule has 0 amide bonds. The fourth-order valence-corrected chi connectivity index (χ4v) is 5.36. The van der Waals surface area contributed by atoms with Gasteiger partial charge in [-0.15, -0.1) is 11.3 Å². The second kappa shape index (κ2) is 5.70. The number of carbonyl (C=O) groups is 1. The lowest BCUT2D eigenvalue weighted by atomic mass is 9.82. The van der Waals surface area contributed by atoms with E-state index in [4.69, 9.17) is 5.11 Å². The molecule has 120 valence electrons. The number of nitrogens with one attached hydrogen (secondary N) is 1. The number of aromatic carboxylic acids is 1. The van der Waals surface area contributed by atoms with Gasteiger partial charge < -0.3 is 5.11 Å². The van der Waals surface area contributed by atoms with Crippen LogP contribution in [0.25, 0.3) is 0 Å². The standard InChI is InChI=1S/C14H23NO4S2/c1-9-7-10(20-11(9)12(16)17)21(18,19)15-14(5,6)8-13(2,3)4/h7,15H,8H2,1-6H3,(H,16,17). The van der Waals surface area contributed by atoms with Crippen molar-refractivity contribution in [2.24, 2.45) is 5.41 Å². The van der Waals surface area contributed by atoms with Crippen molar-refractivity contribution in [3.63, 3.8) is 0 Å². The molecule has 0 radical (unpaired) electrons. The van der Waals surface area contributed by atoms with Crippen molar-refractivity contribution < 1.29 is 18.3 Å². The minimum Gasteiger partial charge on any atom is -0.477 e. The molecule has 2 N–H and O–H groups in total. The van der Waals surface area contributed by atoms with E-state index in [2.05, 4.69) is 4.72 Å². The molecule has 1 heterocycles. The Hall–Kier alpha value is -0.920. The number of thiophene rings is 1. The number of carboxylic acid groups (broad SMARTS) is 1. The van der Waals surface area contributed by atoms with Crippen LogP contribution in [0.2, 0.25) is 0 Å². The van der Waals surface area contributed by atoms with Crippen molar-refractivity contribution in [1.29, 1.82) is 0 Å². The van der Waals surface area contributed by atoms with Crippen LogP contribution >= 0.6 is 11.3 Å². The van der Waals surface area contributed by atoms with E-state index in [0.29, 0.717) is 12.0 Å². The van der Waals surface area contributed by atoms with Gasteiger partial charge in [-0.25, -0.2) is 17.9 Å². The van der Waals surface area contributed by atoms with Gasteiger partial charge in [0, 0.05) is 5.54 Å². The zero-order valence-corrected chi connectivity index (χ0v) is 14.9. The summed E-state index contributed by atoms with van der Waals surface area (Å²) in [5.74, 6) is -1.10. The number of sulfonamides is 1. The Morgan fingerprint density at radius 3 is 2.19 bits per heavy atom.